The number of halogens is 3. The predicted octanol–water partition coefficient (Wildman–Crippen LogP) is 4.49. The van der Waals surface area contributed by atoms with Gasteiger partial charge in [-0.05, 0) is 35.9 Å². The van der Waals surface area contributed by atoms with Crippen LogP contribution in [-0.2, 0) is 5.75 Å². The molecule has 5 heteroatoms. The van der Waals surface area contributed by atoms with Crippen LogP contribution in [0.1, 0.15) is 5.56 Å². The van der Waals surface area contributed by atoms with Crippen LogP contribution in [0.25, 0.3) is 0 Å². The van der Waals surface area contributed by atoms with Crippen molar-refractivity contribution in [1.29, 1.82) is 0 Å². The number of hydrogen-bond acceptors (Lipinski definition) is 2. The summed E-state index contributed by atoms with van der Waals surface area (Å²) >= 11 is 7.24. The Morgan fingerprint density at radius 1 is 1.06 bits per heavy atom. The lowest BCUT2D eigenvalue weighted by molar-refractivity contribution is 0.507. The molecule has 2 aromatic rings. The third-order valence-electron chi connectivity index (χ3n) is 2.35. The minimum absolute atomic E-state index is 0.517. The van der Waals surface area contributed by atoms with Crippen LogP contribution in [0, 0.1) is 11.6 Å². The van der Waals surface area contributed by atoms with Crippen molar-refractivity contribution in [2.45, 2.75) is 10.6 Å². The third kappa shape index (κ3) is 3.15. The van der Waals surface area contributed by atoms with Gasteiger partial charge in [0.2, 0.25) is 0 Å². The summed E-state index contributed by atoms with van der Waals surface area (Å²) in [6, 6.07) is 9.07. The fourth-order valence-corrected chi connectivity index (χ4v) is 2.51. The molecular weight excluding hydrogens is 276 g/mol. The van der Waals surface area contributed by atoms with Gasteiger partial charge in [-0.25, -0.2) is 8.78 Å². The Morgan fingerprint density at radius 2 is 1.83 bits per heavy atom. The van der Waals surface area contributed by atoms with Crippen molar-refractivity contribution < 1.29 is 8.78 Å². The number of anilines is 1. The predicted molar refractivity (Wildman–Crippen MR) is 71.8 cm³/mol. The van der Waals surface area contributed by atoms with Gasteiger partial charge < -0.3 is 5.73 Å². The SMILES string of the molecule is Nc1cc(Cl)ccc1SCc1ccc(F)c(F)c1. The molecule has 0 radical (unpaired) electrons. The van der Waals surface area contributed by atoms with Gasteiger partial charge in [-0.1, -0.05) is 17.7 Å². The number of benzene rings is 2. The summed E-state index contributed by atoms with van der Waals surface area (Å²) in [6.45, 7) is 0. The van der Waals surface area contributed by atoms with E-state index in [1.807, 2.05) is 6.07 Å². The number of thioether (sulfide) groups is 1. The van der Waals surface area contributed by atoms with E-state index in [1.54, 1.807) is 18.2 Å². The molecule has 0 saturated carbocycles. The van der Waals surface area contributed by atoms with E-state index in [2.05, 4.69) is 0 Å². The molecule has 18 heavy (non-hydrogen) atoms. The summed E-state index contributed by atoms with van der Waals surface area (Å²) in [5.41, 5.74) is 7.08. The molecule has 2 rings (SSSR count). The second-order valence-electron chi connectivity index (χ2n) is 3.72. The van der Waals surface area contributed by atoms with E-state index in [9.17, 15) is 8.78 Å². The van der Waals surface area contributed by atoms with E-state index in [1.165, 1.54) is 17.8 Å². The molecule has 0 fully saturated rings. The summed E-state index contributed by atoms with van der Waals surface area (Å²) in [5.74, 6) is -1.16. The van der Waals surface area contributed by atoms with Gasteiger partial charge in [0.15, 0.2) is 11.6 Å². The highest BCUT2D eigenvalue weighted by molar-refractivity contribution is 7.98. The maximum Gasteiger partial charge on any atom is 0.159 e. The molecule has 1 nitrogen and oxygen atoms in total. The first kappa shape index (κ1) is 13.2. The Kier molecular flexibility index (Phi) is 4.09. The first-order valence-electron chi connectivity index (χ1n) is 5.18. The van der Waals surface area contributed by atoms with Crippen LogP contribution in [0.2, 0.25) is 5.02 Å². The van der Waals surface area contributed by atoms with Gasteiger partial charge in [0, 0.05) is 21.4 Å². The number of nitrogens with two attached hydrogens (primary N) is 1. The first-order chi connectivity index (χ1) is 8.56. The van der Waals surface area contributed by atoms with Gasteiger partial charge in [0.05, 0.1) is 0 Å². The molecule has 0 aromatic heterocycles. The van der Waals surface area contributed by atoms with Crippen LogP contribution < -0.4 is 5.73 Å². The van der Waals surface area contributed by atoms with E-state index in [0.717, 1.165) is 11.0 Å². The molecule has 94 valence electrons. The zero-order chi connectivity index (χ0) is 13.1. The summed E-state index contributed by atoms with van der Waals surface area (Å²) in [5, 5.41) is 0.574. The largest absolute Gasteiger partial charge is 0.398 e. The van der Waals surface area contributed by atoms with Crippen molar-refractivity contribution in [2.24, 2.45) is 0 Å². The number of rotatable bonds is 3. The summed E-state index contributed by atoms with van der Waals surface area (Å²) in [4.78, 5) is 0.865. The van der Waals surface area contributed by atoms with Crippen molar-refractivity contribution in [3.8, 4) is 0 Å². The molecular formula is C13H10ClF2NS. The van der Waals surface area contributed by atoms with Gasteiger partial charge in [-0.2, -0.15) is 0 Å². The maximum atomic E-state index is 13.0. The molecule has 2 N–H and O–H groups in total. The monoisotopic (exact) mass is 285 g/mol. The molecule has 0 spiro atoms. The van der Waals surface area contributed by atoms with E-state index < -0.39 is 11.6 Å². The van der Waals surface area contributed by atoms with Crippen LogP contribution >= 0.6 is 23.4 Å². The molecule has 0 atom stereocenters. The lowest BCUT2D eigenvalue weighted by Crippen LogP contribution is -1.90. The Labute approximate surface area is 113 Å². The van der Waals surface area contributed by atoms with E-state index >= 15 is 0 Å². The minimum Gasteiger partial charge on any atom is -0.398 e. The first-order valence-corrected chi connectivity index (χ1v) is 6.54. The lowest BCUT2D eigenvalue weighted by atomic mass is 10.2. The van der Waals surface area contributed by atoms with Crippen LogP contribution in [0.4, 0.5) is 14.5 Å². The van der Waals surface area contributed by atoms with Crippen LogP contribution in [0.15, 0.2) is 41.3 Å². The zero-order valence-electron chi connectivity index (χ0n) is 9.29. The van der Waals surface area contributed by atoms with Crippen molar-refractivity contribution in [2.75, 3.05) is 5.73 Å². The maximum absolute atomic E-state index is 13.0. The van der Waals surface area contributed by atoms with Crippen LogP contribution in [0.3, 0.4) is 0 Å². The number of hydrogen-bond donors (Lipinski definition) is 1. The lowest BCUT2D eigenvalue weighted by Gasteiger charge is -2.06. The van der Waals surface area contributed by atoms with Gasteiger partial charge >= 0.3 is 0 Å². The fourth-order valence-electron chi connectivity index (χ4n) is 1.44. The van der Waals surface area contributed by atoms with Crippen molar-refractivity contribution in [3.05, 3.63) is 58.6 Å². The van der Waals surface area contributed by atoms with E-state index in [4.69, 9.17) is 17.3 Å². The quantitative estimate of drug-likeness (QED) is 0.664. The Morgan fingerprint density at radius 3 is 2.50 bits per heavy atom. The molecule has 0 bridgehead atoms. The molecule has 0 heterocycles. The molecule has 0 aliphatic rings. The highest BCUT2D eigenvalue weighted by Gasteiger charge is 2.05. The number of nitrogen functional groups attached to an aromatic ring is 1. The topological polar surface area (TPSA) is 26.0 Å². The normalized spacial score (nSPS) is 10.6. The summed E-state index contributed by atoms with van der Waals surface area (Å²) in [6.07, 6.45) is 0. The van der Waals surface area contributed by atoms with Crippen molar-refractivity contribution in [3.63, 3.8) is 0 Å². The van der Waals surface area contributed by atoms with Crippen LogP contribution in [-0.4, -0.2) is 0 Å². The van der Waals surface area contributed by atoms with E-state index in [0.29, 0.717) is 22.0 Å². The Hall–Kier alpha value is -1.26. The standard InChI is InChI=1S/C13H10ClF2NS/c14-9-2-4-13(12(17)6-9)18-7-8-1-3-10(15)11(16)5-8/h1-6H,7,17H2. The molecule has 0 aliphatic carbocycles. The molecule has 0 aliphatic heterocycles. The highest BCUT2D eigenvalue weighted by Crippen LogP contribution is 2.30. The van der Waals surface area contributed by atoms with E-state index in [-0.39, 0.29) is 0 Å². The molecule has 0 amide bonds. The smallest absolute Gasteiger partial charge is 0.159 e. The van der Waals surface area contributed by atoms with Crippen molar-refractivity contribution >= 4 is 29.1 Å². The average Bonchev–Trinajstić information content (AvgIpc) is 2.32. The van der Waals surface area contributed by atoms with Crippen LogP contribution in [0.5, 0.6) is 0 Å². The Bertz CT molecular complexity index is 575. The summed E-state index contributed by atoms with van der Waals surface area (Å²) < 4.78 is 25.8. The molecule has 2 aromatic carbocycles. The van der Waals surface area contributed by atoms with Crippen molar-refractivity contribution in [1.82, 2.24) is 0 Å². The zero-order valence-corrected chi connectivity index (χ0v) is 10.9. The second kappa shape index (κ2) is 5.59. The average molecular weight is 286 g/mol. The van der Waals surface area contributed by atoms with Gasteiger partial charge in [-0.15, -0.1) is 11.8 Å². The third-order valence-corrected chi connectivity index (χ3v) is 3.75. The highest BCUT2D eigenvalue weighted by atomic mass is 35.5. The Balaban J connectivity index is 2.09. The van der Waals surface area contributed by atoms with Gasteiger partial charge in [0.25, 0.3) is 0 Å². The fraction of sp³-hybridized carbons (Fsp3) is 0.0769. The molecule has 0 saturated heterocycles. The summed E-state index contributed by atoms with van der Waals surface area (Å²) in [7, 11) is 0. The van der Waals surface area contributed by atoms with Gasteiger partial charge in [0.1, 0.15) is 0 Å². The second-order valence-corrected chi connectivity index (χ2v) is 5.17. The molecule has 0 unspecified atom stereocenters. The minimum atomic E-state index is -0.838. The van der Waals surface area contributed by atoms with Gasteiger partial charge in [-0.3, -0.25) is 0 Å².